The van der Waals surface area contributed by atoms with Crippen molar-refractivity contribution in [2.45, 2.75) is 6.92 Å². The van der Waals surface area contributed by atoms with Crippen molar-refractivity contribution in [3.05, 3.63) is 60.4 Å². The van der Waals surface area contributed by atoms with Gasteiger partial charge in [0.2, 0.25) is 0 Å². The minimum atomic E-state index is 0.593. The van der Waals surface area contributed by atoms with Crippen molar-refractivity contribution in [2.24, 2.45) is 0 Å². The number of aryl methyl sites for hydroxylation is 1. The zero-order valence-corrected chi connectivity index (χ0v) is 11.5. The van der Waals surface area contributed by atoms with Gasteiger partial charge in [0.25, 0.3) is 0 Å². The van der Waals surface area contributed by atoms with E-state index in [9.17, 15) is 0 Å². The number of rotatable bonds is 2. The fourth-order valence-corrected chi connectivity index (χ4v) is 2.37. The molecule has 21 heavy (non-hydrogen) atoms. The van der Waals surface area contributed by atoms with Gasteiger partial charge in [0.1, 0.15) is 5.58 Å². The molecule has 0 aliphatic heterocycles. The number of H-pyrrole nitrogens is 1. The minimum absolute atomic E-state index is 0.593. The lowest BCUT2D eigenvalue weighted by Crippen LogP contribution is -1.90. The molecule has 0 aliphatic rings. The quantitative estimate of drug-likeness (QED) is 0.596. The third-order valence-electron chi connectivity index (χ3n) is 3.43. The van der Waals surface area contributed by atoms with E-state index in [1.165, 1.54) is 5.56 Å². The zero-order chi connectivity index (χ0) is 14.2. The number of benzene rings is 1. The molecule has 0 radical (unpaired) electrons. The molecule has 3 heterocycles. The van der Waals surface area contributed by atoms with Gasteiger partial charge in [0, 0.05) is 17.8 Å². The Kier molecular flexibility index (Phi) is 2.60. The predicted octanol–water partition coefficient (Wildman–Crippen LogP) is 4.19. The van der Waals surface area contributed by atoms with Gasteiger partial charge in [-0.3, -0.25) is 0 Å². The van der Waals surface area contributed by atoms with Crippen LogP contribution in [-0.2, 0) is 0 Å². The van der Waals surface area contributed by atoms with Gasteiger partial charge in [-0.15, -0.1) is 0 Å². The van der Waals surface area contributed by atoms with E-state index in [-0.39, 0.29) is 0 Å². The maximum absolute atomic E-state index is 5.87. The minimum Gasteiger partial charge on any atom is -0.453 e. The number of hydrogen-bond acceptors (Lipinski definition) is 3. The summed E-state index contributed by atoms with van der Waals surface area (Å²) >= 11 is 0. The second kappa shape index (κ2) is 4.59. The molecule has 3 aromatic heterocycles. The second-order valence-corrected chi connectivity index (χ2v) is 5.00. The van der Waals surface area contributed by atoms with Crippen molar-refractivity contribution in [3.8, 4) is 23.0 Å². The Morgan fingerprint density at radius 2 is 2.05 bits per heavy atom. The van der Waals surface area contributed by atoms with Crippen molar-refractivity contribution in [1.29, 1.82) is 0 Å². The van der Waals surface area contributed by atoms with Crippen LogP contribution in [0.4, 0.5) is 0 Å². The van der Waals surface area contributed by atoms with Crippen LogP contribution in [0.1, 0.15) is 5.56 Å². The van der Waals surface area contributed by atoms with Crippen LogP contribution < -0.4 is 0 Å². The van der Waals surface area contributed by atoms with Crippen LogP contribution in [0.25, 0.3) is 33.9 Å². The van der Waals surface area contributed by atoms with E-state index >= 15 is 0 Å². The van der Waals surface area contributed by atoms with Crippen molar-refractivity contribution in [3.63, 3.8) is 0 Å². The smallest absolute Gasteiger partial charge is 0.196 e. The largest absolute Gasteiger partial charge is 0.453 e. The maximum Gasteiger partial charge on any atom is 0.196 e. The molecule has 0 saturated carbocycles. The summed E-state index contributed by atoms with van der Waals surface area (Å²) < 4.78 is 5.87. The second-order valence-electron chi connectivity index (χ2n) is 5.00. The van der Waals surface area contributed by atoms with Gasteiger partial charge in [-0.2, -0.15) is 0 Å². The molecule has 0 atom stereocenters. The highest BCUT2D eigenvalue weighted by atomic mass is 16.3. The molecule has 4 aromatic rings. The fourth-order valence-electron chi connectivity index (χ4n) is 2.37. The first-order valence-corrected chi connectivity index (χ1v) is 6.77. The molecule has 102 valence electrons. The van der Waals surface area contributed by atoms with Gasteiger partial charge in [-0.05, 0) is 42.8 Å². The van der Waals surface area contributed by atoms with E-state index in [2.05, 4.69) is 21.0 Å². The summed E-state index contributed by atoms with van der Waals surface area (Å²) in [7, 11) is 0. The Balaban J connectivity index is 1.83. The molecule has 0 aliphatic carbocycles. The van der Waals surface area contributed by atoms with Crippen molar-refractivity contribution in [2.75, 3.05) is 0 Å². The summed E-state index contributed by atoms with van der Waals surface area (Å²) in [5.41, 5.74) is 3.84. The predicted molar refractivity (Wildman–Crippen MR) is 81.8 cm³/mol. The number of nitrogens with one attached hydrogen (secondary N) is 1. The first-order chi connectivity index (χ1) is 10.3. The lowest BCUT2D eigenvalue weighted by atomic mass is 10.2. The summed E-state index contributed by atoms with van der Waals surface area (Å²) in [6, 6.07) is 13.9. The van der Waals surface area contributed by atoms with Gasteiger partial charge in [0.05, 0.1) is 11.4 Å². The van der Waals surface area contributed by atoms with Gasteiger partial charge < -0.3 is 9.40 Å². The lowest BCUT2D eigenvalue weighted by molar-refractivity contribution is 0.625. The van der Waals surface area contributed by atoms with Crippen LogP contribution in [0, 0.1) is 6.92 Å². The highest BCUT2D eigenvalue weighted by Gasteiger charge is 2.10. The third kappa shape index (κ3) is 2.10. The molecule has 0 fully saturated rings. The van der Waals surface area contributed by atoms with Crippen LogP contribution in [0.2, 0.25) is 0 Å². The van der Waals surface area contributed by atoms with E-state index in [1.807, 2.05) is 49.5 Å². The van der Waals surface area contributed by atoms with E-state index in [1.54, 1.807) is 6.20 Å². The summed E-state index contributed by atoms with van der Waals surface area (Å²) in [5.74, 6) is 1.28. The molecular weight excluding hydrogens is 262 g/mol. The molecule has 0 bridgehead atoms. The van der Waals surface area contributed by atoms with Crippen LogP contribution in [0.5, 0.6) is 0 Å². The number of nitrogens with zero attached hydrogens (tertiary/aromatic N) is 2. The number of aromatic nitrogens is 3. The van der Waals surface area contributed by atoms with Gasteiger partial charge in [-0.1, -0.05) is 12.1 Å². The van der Waals surface area contributed by atoms with E-state index in [4.69, 9.17) is 4.42 Å². The Morgan fingerprint density at radius 3 is 2.90 bits per heavy atom. The highest BCUT2D eigenvalue weighted by molar-refractivity contribution is 5.82. The molecule has 4 heteroatoms. The Bertz CT molecular complexity index is 907. The number of aromatic amines is 1. The number of fused-ring (bicyclic) bond motifs is 1. The van der Waals surface area contributed by atoms with Crippen molar-refractivity contribution < 1.29 is 4.42 Å². The molecule has 0 amide bonds. The standard InChI is InChI=1S/C17H13N3O/c1-11-4-5-12-10-16(21-15(12)9-11)17-19-8-6-14(20-17)13-3-2-7-18-13/h2-10,18H,1H3. The topological polar surface area (TPSA) is 54.7 Å². The first kappa shape index (κ1) is 11.9. The average molecular weight is 275 g/mol. The van der Waals surface area contributed by atoms with Gasteiger partial charge in [-0.25, -0.2) is 9.97 Å². The van der Waals surface area contributed by atoms with Crippen LogP contribution >= 0.6 is 0 Å². The van der Waals surface area contributed by atoms with E-state index < -0.39 is 0 Å². The molecule has 1 aromatic carbocycles. The normalized spacial score (nSPS) is 11.1. The van der Waals surface area contributed by atoms with Crippen molar-refractivity contribution in [1.82, 2.24) is 15.0 Å². The molecular formula is C17H13N3O. The van der Waals surface area contributed by atoms with Crippen LogP contribution in [-0.4, -0.2) is 15.0 Å². The molecule has 0 unspecified atom stereocenters. The molecule has 1 N–H and O–H groups in total. The summed E-state index contributed by atoms with van der Waals surface area (Å²) in [5, 5.41) is 1.06. The SMILES string of the molecule is Cc1ccc2cc(-c3nccc(-c4ccc[nH]4)n3)oc2c1. The summed E-state index contributed by atoms with van der Waals surface area (Å²) in [4.78, 5) is 12.0. The Morgan fingerprint density at radius 1 is 1.10 bits per heavy atom. The highest BCUT2D eigenvalue weighted by Crippen LogP contribution is 2.27. The molecule has 4 nitrogen and oxygen atoms in total. The number of furan rings is 1. The molecule has 0 spiro atoms. The Labute approximate surface area is 121 Å². The average Bonchev–Trinajstić information content (AvgIpc) is 3.16. The zero-order valence-electron chi connectivity index (χ0n) is 11.5. The van der Waals surface area contributed by atoms with Gasteiger partial charge in [0.15, 0.2) is 11.6 Å². The van der Waals surface area contributed by atoms with Gasteiger partial charge >= 0.3 is 0 Å². The summed E-state index contributed by atoms with van der Waals surface area (Å²) in [6.45, 7) is 2.05. The first-order valence-electron chi connectivity index (χ1n) is 6.77. The maximum atomic E-state index is 5.87. The van der Waals surface area contributed by atoms with E-state index in [0.717, 1.165) is 22.4 Å². The Hall–Kier alpha value is -2.88. The van der Waals surface area contributed by atoms with Crippen LogP contribution in [0.3, 0.4) is 0 Å². The lowest BCUT2D eigenvalue weighted by Gasteiger charge is -1.99. The van der Waals surface area contributed by atoms with Crippen molar-refractivity contribution >= 4 is 11.0 Å². The molecule has 0 saturated heterocycles. The van der Waals surface area contributed by atoms with Crippen LogP contribution in [0.15, 0.2) is 59.3 Å². The monoisotopic (exact) mass is 275 g/mol. The number of hydrogen-bond donors (Lipinski definition) is 1. The fraction of sp³-hybridized carbons (Fsp3) is 0.0588. The molecule has 4 rings (SSSR count). The van der Waals surface area contributed by atoms with E-state index in [0.29, 0.717) is 11.6 Å². The third-order valence-corrected chi connectivity index (χ3v) is 3.43. The summed E-state index contributed by atoms with van der Waals surface area (Å²) in [6.07, 6.45) is 3.62.